The fourth-order valence-corrected chi connectivity index (χ4v) is 6.80. The predicted octanol–water partition coefficient (Wildman–Crippen LogP) is 4.01. The number of thiazole rings is 1. The van der Waals surface area contributed by atoms with E-state index in [4.69, 9.17) is 14.5 Å². The summed E-state index contributed by atoms with van der Waals surface area (Å²) in [6.45, 7) is 3.01. The topological polar surface area (TPSA) is 122 Å². The number of carbonyl (C=O) groups excluding carboxylic acids is 2. The summed E-state index contributed by atoms with van der Waals surface area (Å²) in [6, 6.07) is 15.1. The zero-order valence-corrected chi connectivity index (χ0v) is 24.2. The highest BCUT2D eigenvalue weighted by atomic mass is 32.2. The van der Waals surface area contributed by atoms with Gasteiger partial charge < -0.3 is 14.4 Å². The minimum Gasteiger partial charge on any atom is -0.497 e. The number of pyridine rings is 1. The van der Waals surface area contributed by atoms with Gasteiger partial charge in [-0.1, -0.05) is 17.4 Å². The van der Waals surface area contributed by atoms with Crippen molar-refractivity contribution in [1.29, 1.82) is 0 Å². The lowest BCUT2D eigenvalue weighted by Gasteiger charge is -2.33. The van der Waals surface area contributed by atoms with Crippen LogP contribution in [0, 0.1) is 0 Å². The number of rotatable bonds is 8. The first-order chi connectivity index (χ1) is 19.8. The number of ether oxygens (including phenoxy) is 2. The summed E-state index contributed by atoms with van der Waals surface area (Å²) < 4.78 is 39.1. The fourth-order valence-electron chi connectivity index (χ4n) is 4.44. The summed E-state index contributed by atoms with van der Waals surface area (Å²) in [4.78, 5) is 37.8. The van der Waals surface area contributed by atoms with Gasteiger partial charge in [0.05, 0.1) is 35.4 Å². The number of amides is 2. The van der Waals surface area contributed by atoms with E-state index in [-0.39, 0.29) is 50.1 Å². The number of hydrogen-bond donors (Lipinski definition) is 0. The van der Waals surface area contributed by atoms with E-state index in [0.29, 0.717) is 22.0 Å². The lowest BCUT2D eigenvalue weighted by Crippen LogP contribution is -2.50. The van der Waals surface area contributed by atoms with E-state index in [9.17, 15) is 18.0 Å². The molecule has 214 valence electrons. The second kappa shape index (κ2) is 12.2. The number of hydrogen-bond acceptors (Lipinski definition) is 9. The first-order valence-corrected chi connectivity index (χ1v) is 15.2. The molecule has 0 saturated carbocycles. The second-order valence-electron chi connectivity index (χ2n) is 9.20. The van der Waals surface area contributed by atoms with Crippen molar-refractivity contribution in [3.8, 4) is 5.75 Å². The number of methoxy groups -OCH3 is 1. The summed E-state index contributed by atoms with van der Waals surface area (Å²) in [5.74, 6) is 0.338. The summed E-state index contributed by atoms with van der Waals surface area (Å²) in [6.07, 6.45) is 2.90. The number of sulfonamides is 1. The molecule has 2 amide bonds. The van der Waals surface area contributed by atoms with Gasteiger partial charge in [0.1, 0.15) is 5.75 Å². The van der Waals surface area contributed by atoms with Crippen LogP contribution in [0.15, 0.2) is 71.9 Å². The molecule has 0 N–H and O–H groups in total. The van der Waals surface area contributed by atoms with Crippen molar-refractivity contribution in [2.75, 3.05) is 44.8 Å². The Labute approximate surface area is 242 Å². The maximum atomic E-state index is 13.8. The van der Waals surface area contributed by atoms with E-state index in [1.165, 1.54) is 44.8 Å². The predicted molar refractivity (Wildman–Crippen MR) is 155 cm³/mol. The van der Waals surface area contributed by atoms with Gasteiger partial charge in [-0.25, -0.2) is 18.2 Å². The normalized spacial score (nSPS) is 14.1. The van der Waals surface area contributed by atoms with Gasteiger partial charge in [-0.15, -0.1) is 0 Å². The Morgan fingerprint density at radius 2 is 1.80 bits per heavy atom. The van der Waals surface area contributed by atoms with Crippen LogP contribution in [-0.2, 0) is 21.3 Å². The molecule has 1 aliphatic heterocycles. The smallest absolute Gasteiger partial charge is 0.409 e. The molecule has 0 unspecified atom stereocenters. The zero-order chi connectivity index (χ0) is 29.0. The largest absolute Gasteiger partial charge is 0.497 e. The van der Waals surface area contributed by atoms with Crippen molar-refractivity contribution < 1.29 is 27.5 Å². The monoisotopic (exact) mass is 595 g/mol. The molecule has 2 aromatic heterocycles. The van der Waals surface area contributed by atoms with Crippen LogP contribution in [-0.4, -0.2) is 79.5 Å². The highest BCUT2D eigenvalue weighted by Gasteiger charge is 2.31. The Balaban J connectivity index is 1.37. The van der Waals surface area contributed by atoms with Gasteiger partial charge in [-0.2, -0.15) is 4.31 Å². The van der Waals surface area contributed by atoms with Crippen molar-refractivity contribution in [3.63, 3.8) is 0 Å². The molecule has 3 heterocycles. The van der Waals surface area contributed by atoms with Crippen LogP contribution in [0.25, 0.3) is 10.2 Å². The third-order valence-electron chi connectivity index (χ3n) is 6.63. The number of carbonyl (C=O) groups is 2. The Kier molecular flexibility index (Phi) is 8.47. The molecular weight excluding hydrogens is 566 g/mol. The Hall–Kier alpha value is -4.07. The molecule has 5 rings (SSSR count). The van der Waals surface area contributed by atoms with E-state index >= 15 is 0 Å². The first kappa shape index (κ1) is 28.5. The molecule has 1 aliphatic rings. The molecule has 11 nitrogen and oxygen atoms in total. The van der Waals surface area contributed by atoms with Crippen LogP contribution in [0.3, 0.4) is 0 Å². The lowest BCUT2D eigenvalue weighted by atomic mass is 10.2. The van der Waals surface area contributed by atoms with Gasteiger partial charge in [0, 0.05) is 50.2 Å². The maximum absolute atomic E-state index is 13.8. The summed E-state index contributed by atoms with van der Waals surface area (Å²) in [5.41, 5.74) is 1.84. The van der Waals surface area contributed by atoms with Gasteiger partial charge in [0.25, 0.3) is 5.91 Å². The van der Waals surface area contributed by atoms with E-state index in [2.05, 4.69) is 4.98 Å². The molecule has 1 fully saturated rings. The molecule has 0 bridgehead atoms. The van der Waals surface area contributed by atoms with Crippen LogP contribution < -0.4 is 9.64 Å². The minimum atomic E-state index is -3.81. The third kappa shape index (κ3) is 6.16. The highest BCUT2D eigenvalue weighted by molar-refractivity contribution is 7.89. The second-order valence-corrected chi connectivity index (χ2v) is 12.1. The van der Waals surface area contributed by atoms with Crippen LogP contribution in [0.5, 0.6) is 5.75 Å². The standard InChI is InChI=1S/C28H29N5O6S2/c1-3-39-28(35)31-13-15-32(16-14-31)41(36,37)23-9-6-21(7-10-23)26(34)33(19-20-5-4-12-29-18-20)27-30-24-17-22(38-2)8-11-25(24)40-27/h4-12,17-18H,3,13-16,19H2,1-2H3. The molecule has 0 atom stereocenters. The quantitative estimate of drug-likeness (QED) is 0.300. The van der Waals surface area contributed by atoms with Crippen LogP contribution in [0.4, 0.5) is 9.93 Å². The van der Waals surface area contributed by atoms with Crippen LogP contribution in [0.1, 0.15) is 22.8 Å². The summed E-state index contributed by atoms with van der Waals surface area (Å²) in [5, 5.41) is 0.498. The van der Waals surface area contributed by atoms with E-state index in [0.717, 1.165) is 10.3 Å². The summed E-state index contributed by atoms with van der Waals surface area (Å²) in [7, 11) is -2.23. The molecule has 13 heteroatoms. The summed E-state index contributed by atoms with van der Waals surface area (Å²) >= 11 is 1.38. The van der Waals surface area contributed by atoms with Crippen molar-refractivity contribution in [2.24, 2.45) is 0 Å². The Bertz CT molecular complexity index is 1640. The van der Waals surface area contributed by atoms with Crippen LogP contribution >= 0.6 is 11.3 Å². The van der Waals surface area contributed by atoms with E-state index < -0.39 is 16.1 Å². The zero-order valence-electron chi connectivity index (χ0n) is 22.6. The lowest BCUT2D eigenvalue weighted by molar-refractivity contribution is 0.0933. The number of piperazine rings is 1. The van der Waals surface area contributed by atoms with Gasteiger partial charge in [0.15, 0.2) is 5.13 Å². The number of fused-ring (bicyclic) bond motifs is 1. The van der Waals surface area contributed by atoms with Crippen molar-refractivity contribution >= 4 is 48.7 Å². The van der Waals surface area contributed by atoms with E-state index in [1.54, 1.807) is 37.4 Å². The molecule has 0 radical (unpaired) electrons. The number of aromatic nitrogens is 2. The molecule has 2 aromatic carbocycles. The molecule has 1 saturated heterocycles. The fraction of sp³-hybridized carbons (Fsp3) is 0.286. The SMILES string of the molecule is CCOC(=O)N1CCN(S(=O)(=O)c2ccc(C(=O)N(Cc3cccnc3)c3nc4cc(OC)ccc4s3)cc2)CC1. The molecular formula is C28H29N5O6S2. The number of anilines is 1. The van der Waals surface area contributed by atoms with Gasteiger partial charge in [0.2, 0.25) is 10.0 Å². The van der Waals surface area contributed by atoms with Gasteiger partial charge in [-0.05, 0) is 55.0 Å². The highest BCUT2D eigenvalue weighted by Crippen LogP contribution is 2.33. The molecule has 0 aliphatic carbocycles. The average Bonchev–Trinajstić information content (AvgIpc) is 3.43. The number of nitrogens with zero attached hydrogens (tertiary/aromatic N) is 5. The number of benzene rings is 2. The molecule has 0 spiro atoms. The maximum Gasteiger partial charge on any atom is 0.409 e. The average molecular weight is 596 g/mol. The first-order valence-electron chi connectivity index (χ1n) is 13.0. The Morgan fingerprint density at radius 3 is 2.46 bits per heavy atom. The molecule has 4 aromatic rings. The van der Waals surface area contributed by atoms with Crippen molar-refractivity contribution in [1.82, 2.24) is 19.2 Å². The van der Waals surface area contributed by atoms with Crippen molar-refractivity contribution in [3.05, 3.63) is 78.1 Å². The Morgan fingerprint density at radius 1 is 1.05 bits per heavy atom. The minimum absolute atomic E-state index is 0.0736. The van der Waals surface area contributed by atoms with Crippen LogP contribution in [0.2, 0.25) is 0 Å². The van der Waals surface area contributed by atoms with Gasteiger partial charge in [-0.3, -0.25) is 14.7 Å². The third-order valence-corrected chi connectivity index (χ3v) is 9.60. The van der Waals surface area contributed by atoms with Crippen molar-refractivity contribution in [2.45, 2.75) is 18.4 Å². The van der Waals surface area contributed by atoms with E-state index in [1.807, 2.05) is 24.3 Å². The molecule has 41 heavy (non-hydrogen) atoms. The van der Waals surface area contributed by atoms with Gasteiger partial charge >= 0.3 is 6.09 Å².